The van der Waals surface area contributed by atoms with Crippen molar-refractivity contribution in [2.24, 2.45) is 5.92 Å². The lowest BCUT2D eigenvalue weighted by Gasteiger charge is -2.31. The average molecular weight is 273 g/mol. The highest BCUT2D eigenvalue weighted by Crippen LogP contribution is 2.30. The molecule has 2 aliphatic rings. The molecule has 0 aromatic carbocycles. The topological polar surface area (TPSA) is 38.8 Å². The summed E-state index contributed by atoms with van der Waals surface area (Å²) in [6, 6.07) is 0. The standard InChI is InChI=1S/C14H24FNO3/c1-18-13(17)10-11-4-6-12(7-5-11)19-14(15)16-8-2-3-9-16/h11-12,14H,2-10H2,1H3. The van der Waals surface area contributed by atoms with Crippen molar-refractivity contribution in [3.8, 4) is 0 Å². The van der Waals surface area contributed by atoms with E-state index in [2.05, 4.69) is 4.74 Å². The Kier molecular flexibility index (Phi) is 5.58. The van der Waals surface area contributed by atoms with Crippen molar-refractivity contribution in [2.75, 3.05) is 20.2 Å². The summed E-state index contributed by atoms with van der Waals surface area (Å²) >= 11 is 0. The van der Waals surface area contributed by atoms with E-state index >= 15 is 0 Å². The molecule has 0 amide bonds. The summed E-state index contributed by atoms with van der Waals surface area (Å²) < 4.78 is 24.1. The summed E-state index contributed by atoms with van der Waals surface area (Å²) in [7, 11) is 1.42. The smallest absolute Gasteiger partial charge is 0.305 e. The van der Waals surface area contributed by atoms with Crippen LogP contribution in [-0.4, -0.2) is 43.7 Å². The number of nitrogens with zero attached hydrogens (tertiary/aromatic N) is 1. The van der Waals surface area contributed by atoms with Gasteiger partial charge in [0, 0.05) is 19.5 Å². The molecule has 0 N–H and O–H groups in total. The molecule has 0 bridgehead atoms. The van der Waals surface area contributed by atoms with Gasteiger partial charge in [0.15, 0.2) is 0 Å². The molecule has 1 atom stereocenters. The third-order valence-corrected chi connectivity index (χ3v) is 4.21. The Morgan fingerprint density at radius 2 is 1.89 bits per heavy atom. The molecule has 110 valence electrons. The predicted molar refractivity (Wildman–Crippen MR) is 69.2 cm³/mol. The van der Waals surface area contributed by atoms with Crippen LogP contribution in [-0.2, 0) is 14.3 Å². The molecule has 1 saturated heterocycles. The fourth-order valence-corrected chi connectivity index (χ4v) is 2.98. The number of halogens is 1. The Bertz CT molecular complexity index is 286. The van der Waals surface area contributed by atoms with Gasteiger partial charge in [0.1, 0.15) is 0 Å². The molecule has 1 aliphatic heterocycles. The third kappa shape index (κ3) is 4.42. The molecule has 4 nitrogen and oxygen atoms in total. The highest BCUT2D eigenvalue weighted by atomic mass is 19.1. The Hall–Kier alpha value is -0.680. The molecule has 1 unspecified atom stereocenters. The fraction of sp³-hybridized carbons (Fsp3) is 0.929. The number of hydrogen-bond donors (Lipinski definition) is 0. The zero-order valence-corrected chi connectivity index (χ0v) is 11.6. The second-order valence-corrected chi connectivity index (χ2v) is 5.59. The van der Waals surface area contributed by atoms with Crippen LogP contribution in [0.2, 0.25) is 0 Å². The second kappa shape index (κ2) is 7.20. The van der Waals surface area contributed by atoms with Gasteiger partial charge in [0.2, 0.25) is 0 Å². The van der Waals surface area contributed by atoms with Crippen LogP contribution in [0.5, 0.6) is 0 Å². The van der Waals surface area contributed by atoms with Gasteiger partial charge in [-0.2, -0.15) is 4.39 Å². The van der Waals surface area contributed by atoms with E-state index in [0.29, 0.717) is 12.3 Å². The molecular formula is C14H24FNO3. The van der Waals surface area contributed by atoms with Crippen LogP contribution in [0, 0.1) is 5.92 Å². The molecule has 0 radical (unpaired) electrons. The molecule has 1 heterocycles. The van der Waals surface area contributed by atoms with E-state index in [1.165, 1.54) is 7.11 Å². The number of esters is 1. The maximum atomic E-state index is 13.9. The molecule has 0 aromatic rings. The minimum Gasteiger partial charge on any atom is -0.469 e. The first-order valence-electron chi connectivity index (χ1n) is 7.29. The molecule has 1 saturated carbocycles. The maximum absolute atomic E-state index is 13.9. The monoisotopic (exact) mass is 273 g/mol. The molecule has 5 heteroatoms. The van der Waals surface area contributed by atoms with Gasteiger partial charge in [-0.15, -0.1) is 0 Å². The first kappa shape index (κ1) is 14.7. The molecule has 1 aliphatic carbocycles. The van der Waals surface area contributed by atoms with Crippen LogP contribution in [0.1, 0.15) is 44.9 Å². The van der Waals surface area contributed by atoms with Crippen molar-refractivity contribution >= 4 is 5.97 Å². The van der Waals surface area contributed by atoms with Crippen LogP contribution < -0.4 is 0 Å². The van der Waals surface area contributed by atoms with E-state index in [1.807, 2.05) is 0 Å². The summed E-state index contributed by atoms with van der Waals surface area (Å²) in [4.78, 5) is 13.0. The molecule has 0 spiro atoms. The van der Waals surface area contributed by atoms with Gasteiger partial charge >= 0.3 is 5.97 Å². The van der Waals surface area contributed by atoms with Crippen molar-refractivity contribution in [2.45, 2.75) is 57.5 Å². The van der Waals surface area contributed by atoms with Gasteiger partial charge in [0.05, 0.1) is 13.2 Å². The van der Waals surface area contributed by atoms with Crippen LogP contribution in [0.15, 0.2) is 0 Å². The summed E-state index contributed by atoms with van der Waals surface area (Å²) in [5.41, 5.74) is 0. The lowest BCUT2D eigenvalue weighted by molar-refractivity contribution is -0.175. The molecule has 2 fully saturated rings. The SMILES string of the molecule is COC(=O)CC1CCC(OC(F)N2CCCC2)CC1. The lowest BCUT2D eigenvalue weighted by Crippen LogP contribution is -2.36. The van der Waals surface area contributed by atoms with Gasteiger partial charge in [-0.1, -0.05) is 0 Å². The number of carbonyl (C=O) groups excluding carboxylic acids is 1. The number of carbonyl (C=O) groups is 1. The summed E-state index contributed by atoms with van der Waals surface area (Å²) in [5, 5.41) is 0. The molecular weight excluding hydrogens is 249 g/mol. The summed E-state index contributed by atoms with van der Waals surface area (Å²) in [6.45, 7) is 0.363. The van der Waals surface area contributed by atoms with Gasteiger partial charge in [-0.25, -0.2) is 0 Å². The van der Waals surface area contributed by atoms with E-state index in [9.17, 15) is 9.18 Å². The quantitative estimate of drug-likeness (QED) is 0.570. The number of rotatable bonds is 5. The third-order valence-electron chi connectivity index (χ3n) is 4.21. The fourth-order valence-electron chi connectivity index (χ4n) is 2.98. The van der Waals surface area contributed by atoms with Crippen molar-refractivity contribution in [3.05, 3.63) is 0 Å². The average Bonchev–Trinajstić information content (AvgIpc) is 2.95. The van der Waals surface area contributed by atoms with Crippen LogP contribution in [0.4, 0.5) is 4.39 Å². The number of methoxy groups -OCH3 is 1. The predicted octanol–water partition coefficient (Wildman–Crippen LogP) is 2.47. The van der Waals surface area contributed by atoms with Gasteiger partial charge < -0.3 is 9.47 Å². The Morgan fingerprint density at radius 1 is 1.26 bits per heavy atom. The first-order valence-corrected chi connectivity index (χ1v) is 7.29. The van der Waals surface area contributed by atoms with Crippen LogP contribution in [0.3, 0.4) is 0 Å². The highest BCUT2D eigenvalue weighted by Gasteiger charge is 2.29. The van der Waals surface area contributed by atoms with Crippen molar-refractivity contribution in [3.63, 3.8) is 0 Å². The molecule has 19 heavy (non-hydrogen) atoms. The van der Waals surface area contributed by atoms with Crippen LogP contribution in [0.25, 0.3) is 0 Å². The summed E-state index contributed by atoms with van der Waals surface area (Å²) in [6.07, 6.45) is 6.15. The zero-order valence-electron chi connectivity index (χ0n) is 11.6. The number of likely N-dealkylation sites (tertiary alicyclic amines) is 1. The molecule has 2 rings (SSSR count). The molecule has 0 aromatic heterocycles. The lowest BCUT2D eigenvalue weighted by atomic mass is 9.85. The first-order chi connectivity index (χ1) is 9.19. The second-order valence-electron chi connectivity index (χ2n) is 5.59. The van der Waals surface area contributed by atoms with E-state index in [0.717, 1.165) is 51.6 Å². The van der Waals surface area contributed by atoms with Crippen LogP contribution >= 0.6 is 0 Å². The summed E-state index contributed by atoms with van der Waals surface area (Å²) in [5.74, 6) is 0.224. The van der Waals surface area contributed by atoms with Gasteiger partial charge in [0.25, 0.3) is 6.48 Å². The zero-order chi connectivity index (χ0) is 13.7. The Morgan fingerprint density at radius 3 is 2.47 bits per heavy atom. The van der Waals surface area contributed by atoms with E-state index < -0.39 is 6.48 Å². The number of hydrogen-bond acceptors (Lipinski definition) is 4. The van der Waals surface area contributed by atoms with E-state index in [1.54, 1.807) is 4.90 Å². The van der Waals surface area contributed by atoms with Gasteiger partial charge in [-0.3, -0.25) is 9.69 Å². The van der Waals surface area contributed by atoms with Gasteiger partial charge in [-0.05, 0) is 44.4 Å². The highest BCUT2D eigenvalue weighted by molar-refractivity contribution is 5.69. The minimum absolute atomic E-state index is 0.00416. The maximum Gasteiger partial charge on any atom is 0.305 e. The number of ether oxygens (including phenoxy) is 2. The van der Waals surface area contributed by atoms with Crippen molar-refractivity contribution < 1.29 is 18.7 Å². The normalized spacial score (nSPS) is 30.2. The Balaban J connectivity index is 1.66. The van der Waals surface area contributed by atoms with Crippen molar-refractivity contribution in [1.29, 1.82) is 0 Å². The van der Waals surface area contributed by atoms with Crippen molar-refractivity contribution in [1.82, 2.24) is 4.90 Å². The minimum atomic E-state index is -1.25. The largest absolute Gasteiger partial charge is 0.469 e. The van der Waals surface area contributed by atoms with E-state index in [-0.39, 0.29) is 12.1 Å². The Labute approximate surface area is 114 Å². The number of alkyl halides is 1. The van der Waals surface area contributed by atoms with E-state index in [4.69, 9.17) is 4.74 Å².